The van der Waals surface area contributed by atoms with Crippen LogP contribution in [-0.4, -0.2) is 20.8 Å². The topological polar surface area (TPSA) is 38.0 Å². The molecule has 1 atom stereocenters. The van der Waals surface area contributed by atoms with Crippen LogP contribution in [0, 0.1) is 0 Å². The van der Waals surface area contributed by atoms with Crippen molar-refractivity contribution < 1.29 is 5.11 Å². The molecule has 1 N–H and O–H groups in total. The molecule has 0 saturated carbocycles. The van der Waals surface area contributed by atoms with Crippen LogP contribution in [0.25, 0.3) is 10.9 Å². The van der Waals surface area contributed by atoms with Crippen LogP contribution in [0.3, 0.4) is 0 Å². The van der Waals surface area contributed by atoms with Crippen LogP contribution in [0.5, 0.6) is 0 Å². The minimum Gasteiger partial charge on any atom is -0.392 e. The van der Waals surface area contributed by atoms with Gasteiger partial charge in [-0.15, -0.1) is 0 Å². The van der Waals surface area contributed by atoms with E-state index in [1.807, 2.05) is 29.1 Å². The van der Waals surface area contributed by atoms with Crippen LogP contribution in [0.1, 0.15) is 6.92 Å². The molecule has 0 aliphatic carbocycles. The maximum Gasteiger partial charge on any atom is 0.0691 e. The van der Waals surface area contributed by atoms with E-state index in [9.17, 15) is 5.11 Å². The Morgan fingerprint density at radius 1 is 1.54 bits per heavy atom. The van der Waals surface area contributed by atoms with Gasteiger partial charge in [-0.25, -0.2) is 0 Å². The standard InChI is InChI=1S/C10H12N2O/c1-8(13)7-12-5-3-9-2-4-11-6-10(9)12/h2-6,8,13H,7H2,1H3. The van der Waals surface area contributed by atoms with E-state index in [4.69, 9.17) is 0 Å². The number of aliphatic hydroxyl groups excluding tert-OH is 1. The first-order valence-electron chi connectivity index (χ1n) is 4.34. The molecule has 0 fully saturated rings. The number of rotatable bonds is 2. The largest absolute Gasteiger partial charge is 0.392 e. The zero-order valence-corrected chi connectivity index (χ0v) is 7.51. The molecule has 2 heterocycles. The highest BCUT2D eigenvalue weighted by atomic mass is 16.3. The normalized spacial score (nSPS) is 13.4. The van der Waals surface area contributed by atoms with Crippen LogP contribution in [0.15, 0.2) is 30.7 Å². The number of fused-ring (bicyclic) bond motifs is 1. The van der Waals surface area contributed by atoms with E-state index in [2.05, 4.69) is 4.98 Å². The number of pyridine rings is 1. The molecule has 0 aliphatic rings. The molecule has 0 radical (unpaired) electrons. The molecule has 2 rings (SSSR count). The Bertz CT molecular complexity index is 406. The van der Waals surface area contributed by atoms with Gasteiger partial charge in [0.15, 0.2) is 0 Å². The van der Waals surface area contributed by atoms with E-state index in [1.165, 1.54) is 0 Å². The Morgan fingerprint density at radius 2 is 2.38 bits per heavy atom. The summed E-state index contributed by atoms with van der Waals surface area (Å²) >= 11 is 0. The highest BCUT2D eigenvalue weighted by molar-refractivity contribution is 5.78. The van der Waals surface area contributed by atoms with Crippen molar-refractivity contribution >= 4 is 10.9 Å². The molecule has 3 nitrogen and oxygen atoms in total. The lowest BCUT2D eigenvalue weighted by molar-refractivity contribution is 0.175. The van der Waals surface area contributed by atoms with Gasteiger partial charge in [-0.05, 0) is 19.1 Å². The molecule has 0 spiro atoms. The van der Waals surface area contributed by atoms with Crippen molar-refractivity contribution in [1.29, 1.82) is 0 Å². The molecule has 0 amide bonds. The fraction of sp³-hybridized carbons (Fsp3) is 0.300. The van der Waals surface area contributed by atoms with Crippen LogP contribution in [0.4, 0.5) is 0 Å². The van der Waals surface area contributed by atoms with Gasteiger partial charge in [-0.2, -0.15) is 0 Å². The van der Waals surface area contributed by atoms with Gasteiger partial charge in [-0.1, -0.05) is 0 Å². The van der Waals surface area contributed by atoms with E-state index >= 15 is 0 Å². The third-order valence-corrected chi connectivity index (χ3v) is 2.04. The zero-order valence-electron chi connectivity index (χ0n) is 7.51. The summed E-state index contributed by atoms with van der Waals surface area (Å²) in [6.07, 6.45) is 5.24. The Balaban J connectivity index is 2.46. The second kappa shape index (κ2) is 3.18. The first-order chi connectivity index (χ1) is 6.27. The van der Waals surface area contributed by atoms with Crippen molar-refractivity contribution in [2.75, 3.05) is 0 Å². The van der Waals surface area contributed by atoms with E-state index in [0.29, 0.717) is 6.54 Å². The van der Waals surface area contributed by atoms with Crippen molar-refractivity contribution in [2.45, 2.75) is 19.6 Å². The van der Waals surface area contributed by atoms with Crippen molar-refractivity contribution in [1.82, 2.24) is 9.55 Å². The highest BCUT2D eigenvalue weighted by Crippen LogP contribution is 2.13. The second-order valence-electron chi connectivity index (χ2n) is 3.25. The summed E-state index contributed by atoms with van der Waals surface area (Å²) in [7, 11) is 0. The van der Waals surface area contributed by atoms with Crippen molar-refractivity contribution in [3.8, 4) is 0 Å². The quantitative estimate of drug-likeness (QED) is 0.751. The number of aliphatic hydroxyl groups is 1. The van der Waals surface area contributed by atoms with Crippen LogP contribution >= 0.6 is 0 Å². The Labute approximate surface area is 76.6 Å². The first kappa shape index (κ1) is 8.26. The molecular weight excluding hydrogens is 164 g/mol. The predicted molar refractivity (Wildman–Crippen MR) is 51.4 cm³/mol. The smallest absolute Gasteiger partial charge is 0.0691 e. The van der Waals surface area contributed by atoms with Gasteiger partial charge in [0, 0.05) is 24.3 Å². The van der Waals surface area contributed by atoms with Gasteiger partial charge in [0.25, 0.3) is 0 Å². The van der Waals surface area contributed by atoms with E-state index in [0.717, 1.165) is 10.9 Å². The van der Waals surface area contributed by atoms with Gasteiger partial charge in [0.2, 0.25) is 0 Å². The summed E-state index contributed by atoms with van der Waals surface area (Å²) in [6, 6.07) is 3.99. The molecule has 2 aromatic heterocycles. The predicted octanol–water partition coefficient (Wildman–Crippen LogP) is 1.42. The molecule has 0 bridgehead atoms. The molecule has 0 aliphatic heterocycles. The van der Waals surface area contributed by atoms with E-state index in [-0.39, 0.29) is 6.10 Å². The Morgan fingerprint density at radius 3 is 3.15 bits per heavy atom. The molecule has 68 valence electrons. The fourth-order valence-electron chi connectivity index (χ4n) is 1.47. The third-order valence-electron chi connectivity index (χ3n) is 2.04. The van der Waals surface area contributed by atoms with Gasteiger partial charge in [0.1, 0.15) is 0 Å². The van der Waals surface area contributed by atoms with Crippen molar-refractivity contribution in [3.63, 3.8) is 0 Å². The first-order valence-corrected chi connectivity index (χ1v) is 4.34. The molecule has 0 saturated heterocycles. The molecule has 3 heteroatoms. The second-order valence-corrected chi connectivity index (χ2v) is 3.25. The number of aromatic nitrogens is 2. The average molecular weight is 176 g/mol. The minimum absolute atomic E-state index is 0.323. The lowest BCUT2D eigenvalue weighted by Crippen LogP contribution is -2.10. The van der Waals surface area contributed by atoms with Crippen LogP contribution < -0.4 is 0 Å². The lowest BCUT2D eigenvalue weighted by Gasteiger charge is -2.06. The number of hydrogen-bond acceptors (Lipinski definition) is 2. The highest BCUT2D eigenvalue weighted by Gasteiger charge is 2.02. The maximum absolute atomic E-state index is 9.24. The van der Waals surface area contributed by atoms with E-state index < -0.39 is 0 Å². The minimum atomic E-state index is -0.323. The third kappa shape index (κ3) is 1.55. The van der Waals surface area contributed by atoms with E-state index in [1.54, 1.807) is 13.1 Å². The summed E-state index contributed by atoms with van der Waals surface area (Å²) in [5, 5.41) is 10.4. The Kier molecular flexibility index (Phi) is 2.02. The number of nitrogens with zero attached hydrogens (tertiary/aromatic N) is 2. The average Bonchev–Trinajstić information content (AvgIpc) is 2.48. The van der Waals surface area contributed by atoms with Gasteiger partial charge < -0.3 is 9.67 Å². The number of hydrogen-bond donors (Lipinski definition) is 1. The van der Waals surface area contributed by atoms with Gasteiger partial charge in [0.05, 0.1) is 17.8 Å². The molecule has 1 unspecified atom stereocenters. The van der Waals surface area contributed by atoms with Gasteiger partial charge >= 0.3 is 0 Å². The Hall–Kier alpha value is -1.35. The van der Waals surface area contributed by atoms with Crippen molar-refractivity contribution in [2.24, 2.45) is 0 Å². The molecule has 2 aromatic rings. The SMILES string of the molecule is CC(O)Cn1ccc2ccncc21. The summed E-state index contributed by atoms with van der Waals surface area (Å²) in [4.78, 5) is 4.05. The van der Waals surface area contributed by atoms with Crippen LogP contribution in [-0.2, 0) is 6.54 Å². The van der Waals surface area contributed by atoms with Crippen LogP contribution in [0.2, 0.25) is 0 Å². The van der Waals surface area contributed by atoms with Crippen molar-refractivity contribution in [3.05, 3.63) is 30.7 Å². The summed E-state index contributed by atoms with van der Waals surface area (Å²) in [6.45, 7) is 2.40. The summed E-state index contributed by atoms with van der Waals surface area (Å²) in [5.41, 5.74) is 1.07. The monoisotopic (exact) mass is 176 g/mol. The zero-order chi connectivity index (χ0) is 9.26. The maximum atomic E-state index is 9.24. The summed E-state index contributed by atoms with van der Waals surface area (Å²) < 4.78 is 2.01. The molecule has 0 aromatic carbocycles. The van der Waals surface area contributed by atoms with Gasteiger partial charge in [-0.3, -0.25) is 4.98 Å². The molecular formula is C10H12N2O. The molecule has 13 heavy (non-hydrogen) atoms. The fourth-order valence-corrected chi connectivity index (χ4v) is 1.47. The summed E-state index contributed by atoms with van der Waals surface area (Å²) in [5.74, 6) is 0. The lowest BCUT2D eigenvalue weighted by atomic mass is 10.3.